The maximum atomic E-state index is 14.3. The number of piperidine rings is 1. The molecule has 30 heavy (non-hydrogen) atoms. The van der Waals surface area contributed by atoms with Gasteiger partial charge >= 0.3 is 0 Å². The van der Waals surface area contributed by atoms with Crippen molar-refractivity contribution in [3.8, 4) is 11.1 Å². The van der Waals surface area contributed by atoms with Crippen molar-refractivity contribution < 1.29 is 9.18 Å². The molecule has 1 aromatic carbocycles. The number of nitrogens with zero attached hydrogens (tertiary/aromatic N) is 2. The summed E-state index contributed by atoms with van der Waals surface area (Å²) in [6.45, 7) is 2.09. The normalized spacial score (nSPS) is 17.4. The van der Waals surface area contributed by atoms with Gasteiger partial charge in [0.05, 0.1) is 5.52 Å². The first kappa shape index (κ1) is 19.2. The van der Waals surface area contributed by atoms with Crippen LogP contribution in [0.25, 0.3) is 21.3 Å². The highest BCUT2D eigenvalue weighted by Crippen LogP contribution is 2.33. The van der Waals surface area contributed by atoms with Crippen LogP contribution in [0.3, 0.4) is 0 Å². The molecule has 3 aromatic rings. The molecular formula is C22H23FN4O2S. The Labute approximate surface area is 177 Å². The molecule has 2 N–H and O–H groups in total. The average Bonchev–Trinajstić information content (AvgIpc) is 3.50. The van der Waals surface area contributed by atoms with E-state index < -0.39 is 0 Å². The van der Waals surface area contributed by atoms with Gasteiger partial charge in [-0.25, -0.2) is 9.37 Å². The Morgan fingerprint density at radius 1 is 1.20 bits per heavy atom. The van der Waals surface area contributed by atoms with Crippen molar-refractivity contribution in [2.75, 3.05) is 24.5 Å². The minimum Gasteiger partial charge on any atom is -0.356 e. The number of H-pyrrole nitrogens is 1. The molecule has 156 valence electrons. The summed E-state index contributed by atoms with van der Waals surface area (Å²) in [5.41, 5.74) is 1.38. The van der Waals surface area contributed by atoms with Gasteiger partial charge in [-0.1, -0.05) is 18.2 Å². The highest BCUT2D eigenvalue weighted by Gasteiger charge is 2.28. The number of thiophene rings is 1. The summed E-state index contributed by atoms with van der Waals surface area (Å²) in [5.74, 6) is 0.965. The number of carbonyl (C=O) groups excluding carboxylic acids is 1. The Kier molecular flexibility index (Phi) is 5.02. The quantitative estimate of drug-likeness (QED) is 0.654. The predicted octanol–water partition coefficient (Wildman–Crippen LogP) is 3.53. The Hall–Kier alpha value is -2.74. The maximum Gasteiger partial charge on any atom is 0.270 e. The van der Waals surface area contributed by atoms with Crippen LogP contribution in [0.5, 0.6) is 0 Å². The molecule has 1 amide bonds. The number of hydrogen-bond acceptors (Lipinski definition) is 5. The molecular weight excluding hydrogens is 403 g/mol. The van der Waals surface area contributed by atoms with Crippen molar-refractivity contribution in [2.24, 2.45) is 11.8 Å². The van der Waals surface area contributed by atoms with Gasteiger partial charge < -0.3 is 10.2 Å². The van der Waals surface area contributed by atoms with E-state index in [1.807, 2.05) is 4.90 Å². The summed E-state index contributed by atoms with van der Waals surface area (Å²) in [4.78, 5) is 34.6. The zero-order chi connectivity index (χ0) is 20.7. The maximum absolute atomic E-state index is 14.3. The van der Waals surface area contributed by atoms with Crippen molar-refractivity contribution in [3.63, 3.8) is 0 Å². The molecule has 0 unspecified atom stereocenters. The lowest BCUT2D eigenvalue weighted by molar-refractivity contribution is -0.125. The summed E-state index contributed by atoms with van der Waals surface area (Å²) in [5, 5.41) is 4.85. The molecule has 0 spiro atoms. The Morgan fingerprint density at radius 2 is 1.97 bits per heavy atom. The van der Waals surface area contributed by atoms with E-state index in [1.165, 1.54) is 30.2 Å². The van der Waals surface area contributed by atoms with Gasteiger partial charge in [-0.2, -0.15) is 0 Å². The van der Waals surface area contributed by atoms with E-state index in [9.17, 15) is 14.0 Å². The summed E-state index contributed by atoms with van der Waals surface area (Å²) in [7, 11) is 0. The molecule has 8 heteroatoms. The van der Waals surface area contributed by atoms with Gasteiger partial charge in [0, 0.05) is 42.1 Å². The van der Waals surface area contributed by atoms with Crippen LogP contribution in [-0.4, -0.2) is 35.5 Å². The van der Waals surface area contributed by atoms with Crippen molar-refractivity contribution in [1.29, 1.82) is 0 Å². The molecule has 2 aliphatic rings. The van der Waals surface area contributed by atoms with Crippen molar-refractivity contribution in [2.45, 2.75) is 25.7 Å². The van der Waals surface area contributed by atoms with Crippen LogP contribution in [0.15, 0.2) is 34.4 Å². The molecule has 2 aromatic heterocycles. The lowest BCUT2D eigenvalue weighted by atomic mass is 9.96. The van der Waals surface area contributed by atoms with Crippen LogP contribution in [0.4, 0.5) is 10.3 Å². The van der Waals surface area contributed by atoms with Crippen LogP contribution >= 0.6 is 11.3 Å². The minimum absolute atomic E-state index is 0.00516. The van der Waals surface area contributed by atoms with E-state index in [0.717, 1.165) is 19.4 Å². The third-order valence-electron chi connectivity index (χ3n) is 6.01. The van der Waals surface area contributed by atoms with Gasteiger partial charge in [0.15, 0.2) is 0 Å². The molecule has 1 aliphatic carbocycles. The fourth-order valence-electron chi connectivity index (χ4n) is 4.00. The number of benzene rings is 1. The highest BCUT2D eigenvalue weighted by atomic mass is 32.1. The fraction of sp³-hybridized carbons (Fsp3) is 0.409. The summed E-state index contributed by atoms with van der Waals surface area (Å²) in [6, 6.07) is 6.52. The van der Waals surface area contributed by atoms with Crippen molar-refractivity contribution in [1.82, 2.24) is 15.3 Å². The third-order valence-corrected chi connectivity index (χ3v) is 6.97. The molecule has 5 rings (SSSR count). The van der Waals surface area contributed by atoms with E-state index >= 15 is 0 Å². The third kappa shape index (κ3) is 3.71. The second-order valence-electron chi connectivity index (χ2n) is 8.15. The van der Waals surface area contributed by atoms with Gasteiger partial charge in [0.2, 0.25) is 11.9 Å². The lowest BCUT2D eigenvalue weighted by Gasteiger charge is -2.31. The first-order valence-electron chi connectivity index (χ1n) is 10.4. The number of fused-ring (bicyclic) bond motifs is 1. The molecule has 1 aliphatic heterocycles. The van der Waals surface area contributed by atoms with Crippen LogP contribution in [-0.2, 0) is 4.79 Å². The molecule has 1 saturated heterocycles. The van der Waals surface area contributed by atoms with Gasteiger partial charge in [0.25, 0.3) is 5.56 Å². The molecule has 6 nitrogen and oxygen atoms in total. The van der Waals surface area contributed by atoms with Crippen LogP contribution < -0.4 is 15.8 Å². The number of anilines is 1. The van der Waals surface area contributed by atoms with Gasteiger partial charge in [-0.15, -0.1) is 11.3 Å². The van der Waals surface area contributed by atoms with Crippen LogP contribution in [0.2, 0.25) is 0 Å². The fourth-order valence-corrected chi connectivity index (χ4v) is 4.90. The number of hydrogen-bond donors (Lipinski definition) is 2. The number of rotatable bonds is 5. The lowest BCUT2D eigenvalue weighted by Crippen LogP contribution is -2.42. The number of amides is 1. The smallest absolute Gasteiger partial charge is 0.270 e. The number of halogens is 1. The Balaban J connectivity index is 1.36. The zero-order valence-electron chi connectivity index (χ0n) is 16.5. The molecule has 0 atom stereocenters. The monoisotopic (exact) mass is 426 g/mol. The van der Waals surface area contributed by atoms with Crippen molar-refractivity contribution >= 4 is 33.4 Å². The van der Waals surface area contributed by atoms with E-state index in [1.54, 1.807) is 23.6 Å². The zero-order valence-corrected chi connectivity index (χ0v) is 17.3. The van der Waals surface area contributed by atoms with Gasteiger partial charge in [-0.05, 0) is 37.7 Å². The molecule has 2 fully saturated rings. The summed E-state index contributed by atoms with van der Waals surface area (Å²) >= 11 is 1.27. The van der Waals surface area contributed by atoms with E-state index in [4.69, 9.17) is 0 Å². The second kappa shape index (κ2) is 7.83. The number of nitrogens with one attached hydrogen (secondary N) is 2. The number of aromatic amines is 1. The van der Waals surface area contributed by atoms with Gasteiger partial charge in [0.1, 0.15) is 10.5 Å². The van der Waals surface area contributed by atoms with Crippen LogP contribution in [0.1, 0.15) is 25.7 Å². The molecule has 0 bridgehead atoms. The largest absolute Gasteiger partial charge is 0.356 e. The Bertz CT molecular complexity index is 1150. The number of aromatic nitrogens is 2. The topological polar surface area (TPSA) is 78.1 Å². The summed E-state index contributed by atoms with van der Waals surface area (Å²) in [6.07, 6.45) is 3.89. The second-order valence-corrected chi connectivity index (χ2v) is 9.03. The molecule has 1 saturated carbocycles. The highest BCUT2D eigenvalue weighted by molar-refractivity contribution is 7.17. The SMILES string of the molecule is O=C(NCC1CC1)C1CCN(c2nc3c(-c4ccccc4F)csc3c(=O)[nH]2)CC1. The van der Waals surface area contributed by atoms with E-state index in [2.05, 4.69) is 15.3 Å². The average molecular weight is 427 g/mol. The van der Waals surface area contributed by atoms with Crippen LogP contribution in [0, 0.1) is 17.7 Å². The van der Waals surface area contributed by atoms with Gasteiger partial charge in [-0.3, -0.25) is 14.6 Å². The van der Waals surface area contributed by atoms with E-state index in [0.29, 0.717) is 46.3 Å². The number of carbonyl (C=O) groups is 1. The van der Waals surface area contributed by atoms with E-state index in [-0.39, 0.29) is 23.2 Å². The predicted molar refractivity (Wildman–Crippen MR) is 116 cm³/mol. The molecule has 0 radical (unpaired) electrons. The Morgan fingerprint density at radius 3 is 2.70 bits per heavy atom. The first-order chi connectivity index (χ1) is 14.6. The van der Waals surface area contributed by atoms with Crippen molar-refractivity contribution in [3.05, 3.63) is 45.8 Å². The summed E-state index contributed by atoms with van der Waals surface area (Å²) < 4.78 is 14.8. The first-order valence-corrected chi connectivity index (χ1v) is 11.3. The standard InChI is InChI=1S/C22H23FN4O2S/c23-17-4-2-1-3-15(17)16-12-30-19-18(16)25-22(26-21(19)29)27-9-7-14(8-10-27)20(28)24-11-13-5-6-13/h1-4,12-14H,5-11H2,(H,24,28)(H,25,26,29). The minimum atomic E-state index is -0.334. The molecule has 3 heterocycles.